The Kier molecular flexibility index (Phi) is 4.08. The molecule has 0 unspecified atom stereocenters. The average Bonchev–Trinajstić information content (AvgIpc) is 2.73. The van der Waals surface area contributed by atoms with Crippen LogP contribution < -0.4 is 5.32 Å². The highest BCUT2D eigenvalue weighted by Gasteiger charge is 2.19. The van der Waals surface area contributed by atoms with Crippen molar-refractivity contribution in [2.45, 2.75) is 13.5 Å². The van der Waals surface area contributed by atoms with Crippen LogP contribution in [0.5, 0.6) is 0 Å². The number of hydrogen-bond donors (Lipinski definition) is 1. The van der Waals surface area contributed by atoms with Crippen LogP contribution in [0.15, 0.2) is 27.4 Å². The molecule has 0 aliphatic heterocycles. The molecule has 0 spiro atoms. The number of halogens is 3. The van der Waals surface area contributed by atoms with Gasteiger partial charge < -0.3 is 9.73 Å². The SMILES string of the molecule is CCNCc1ncoc1-c1c(F)cc(Br)cc1F. The van der Waals surface area contributed by atoms with E-state index < -0.39 is 11.6 Å². The summed E-state index contributed by atoms with van der Waals surface area (Å²) in [7, 11) is 0. The van der Waals surface area contributed by atoms with E-state index in [9.17, 15) is 8.78 Å². The van der Waals surface area contributed by atoms with Crippen LogP contribution in [0, 0.1) is 11.6 Å². The zero-order valence-electron chi connectivity index (χ0n) is 9.64. The zero-order chi connectivity index (χ0) is 13.1. The topological polar surface area (TPSA) is 38.1 Å². The van der Waals surface area contributed by atoms with E-state index >= 15 is 0 Å². The minimum atomic E-state index is -0.684. The van der Waals surface area contributed by atoms with Crippen molar-refractivity contribution in [3.05, 3.63) is 40.3 Å². The molecule has 0 saturated carbocycles. The summed E-state index contributed by atoms with van der Waals surface area (Å²) in [5.74, 6) is -1.24. The summed E-state index contributed by atoms with van der Waals surface area (Å²) < 4.78 is 33.0. The summed E-state index contributed by atoms with van der Waals surface area (Å²) in [5, 5.41) is 3.03. The average molecular weight is 317 g/mol. The lowest BCUT2D eigenvalue weighted by Crippen LogP contribution is -2.12. The molecular weight excluding hydrogens is 306 g/mol. The van der Waals surface area contributed by atoms with Gasteiger partial charge in [0, 0.05) is 11.0 Å². The molecule has 2 rings (SSSR count). The summed E-state index contributed by atoms with van der Waals surface area (Å²) in [6, 6.07) is 2.38. The summed E-state index contributed by atoms with van der Waals surface area (Å²) in [5.41, 5.74) is 0.292. The van der Waals surface area contributed by atoms with Crippen molar-refractivity contribution in [2.75, 3.05) is 6.54 Å². The van der Waals surface area contributed by atoms with Gasteiger partial charge in [0.2, 0.25) is 0 Å². The van der Waals surface area contributed by atoms with E-state index in [0.29, 0.717) is 16.7 Å². The maximum atomic E-state index is 13.8. The predicted octanol–water partition coefficient (Wildman–Crippen LogP) is 3.49. The van der Waals surface area contributed by atoms with Crippen LogP contribution in [0.2, 0.25) is 0 Å². The molecule has 1 aromatic heterocycles. The number of nitrogens with zero attached hydrogens (tertiary/aromatic N) is 1. The standard InChI is InChI=1S/C12H11BrF2N2O/c1-2-16-5-10-12(18-6-17-10)11-8(14)3-7(13)4-9(11)15/h3-4,6,16H,2,5H2,1H3. The normalized spacial score (nSPS) is 10.9. The molecule has 0 saturated heterocycles. The summed E-state index contributed by atoms with van der Waals surface area (Å²) >= 11 is 3.03. The van der Waals surface area contributed by atoms with Crippen molar-refractivity contribution >= 4 is 15.9 Å². The highest BCUT2D eigenvalue weighted by atomic mass is 79.9. The fourth-order valence-corrected chi connectivity index (χ4v) is 2.00. The first kappa shape index (κ1) is 13.2. The largest absolute Gasteiger partial charge is 0.443 e. The van der Waals surface area contributed by atoms with Gasteiger partial charge in [-0.15, -0.1) is 0 Å². The van der Waals surface area contributed by atoms with E-state index in [1.54, 1.807) is 0 Å². The van der Waals surface area contributed by atoms with Gasteiger partial charge in [-0.25, -0.2) is 13.8 Å². The van der Waals surface area contributed by atoms with E-state index in [1.807, 2.05) is 6.92 Å². The van der Waals surface area contributed by atoms with Crippen molar-refractivity contribution in [1.29, 1.82) is 0 Å². The predicted molar refractivity (Wildman–Crippen MR) is 66.9 cm³/mol. The molecule has 2 aromatic rings. The van der Waals surface area contributed by atoms with Crippen molar-refractivity contribution in [3.8, 4) is 11.3 Å². The van der Waals surface area contributed by atoms with Gasteiger partial charge in [0.25, 0.3) is 0 Å². The van der Waals surface area contributed by atoms with Crippen LogP contribution in [-0.2, 0) is 6.54 Å². The fourth-order valence-electron chi connectivity index (χ4n) is 1.60. The number of hydrogen-bond acceptors (Lipinski definition) is 3. The van der Waals surface area contributed by atoms with Crippen LogP contribution in [0.25, 0.3) is 11.3 Å². The lowest BCUT2D eigenvalue weighted by Gasteiger charge is -2.05. The van der Waals surface area contributed by atoms with Crippen molar-refractivity contribution in [1.82, 2.24) is 10.3 Å². The molecule has 1 aromatic carbocycles. The van der Waals surface area contributed by atoms with Gasteiger partial charge in [0.15, 0.2) is 12.2 Å². The van der Waals surface area contributed by atoms with Crippen molar-refractivity contribution in [2.24, 2.45) is 0 Å². The Hall–Kier alpha value is -1.27. The van der Waals surface area contributed by atoms with Crippen molar-refractivity contribution in [3.63, 3.8) is 0 Å². The third-order valence-corrected chi connectivity index (χ3v) is 2.88. The molecule has 0 fully saturated rings. The van der Waals surface area contributed by atoms with E-state index in [-0.39, 0.29) is 11.3 Å². The first-order valence-electron chi connectivity index (χ1n) is 5.41. The molecule has 3 nitrogen and oxygen atoms in total. The molecule has 1 N–H and O–H groups in total. The second kappa shape index (κ2) is 5.58. The molecule has 1 heterocycles. The van der Waals surface area contributed by atoms with Gasteiger partial charge >= 0.3 is 0 Å². The monoisotopic (exact) mass is 316 g/mol. The quantitative estimate of drug-likeness (QED) is 0.938. The van der Waals surface area contributed by atoms with Crippen LogP contribution in [0.3, 0.4) is 0 Å². The van der Waals surface area contributed by atoms with Gasteiger partial charge in [-0.05, 0) is 18.7 Å². The molecular formula is C12H11BrF2N2O. The van der Waals surface area contributed by atoms with Crippen LogP contribution in [0.4, 0.5) is 8.78 Å². The number of oxazole rings is 1. The number of rotatable bonds is 4. The number of aromatic nitrogens is 1. The molecule has 0 aliphatic carbocycles. The fraction of sp³-hybridized carbons (Fsp3) is 0.250. The Morgan fingerprint density at radius 2 is 2.00 bits per heavy atom. The van der Waals surface area contributed by atoms with Gasteiger partial charge in [0.1, 0.15) is 17.3 Å². The van der Waals surface area contributed by atoms with Crippen molar-refractivity contribution < 1.29 is 13.2 Å². The number of nitrogens with one attached hydrogen (secondary N) is 1. The molecule has 96 valence electrons. The second-order valence-electron chi connectivity index (χ2n) is 3.65. The molecule has 0 atom stereocenters. The smallest absolute Gasteiger partial charge is 0.181 e. The van der Waals surface area contributed by atoms with Crippen LogP contribution in [0.1, 0.15) is 12.6 Å². The van der Waals surface area contributed by atoms with E-state index in [4.69, 9.17) is 4.42 Å². The molecule has 18 heavy (non-hydrogen) atoms. The first-order chi connectivity index (χ1) is 8.63. The number of benzene rings is 1. The zero-order valence-corrected chi connectivity index (χ0v) is 11.2. The maximum Gasteiger partial charge on any atom is 0.181 e. The van der Waals surface area contributed by atoms with Crippen LogP contribution in [-0.4, -0.2) is 11.5 Å². The Morgan fingerprint density at radius 3 is 2.61 bits per heavy atom. The lowest BCUT2D eigenvalue weighted by atomic mass is 10.1. The van der Waals surface area contributed by atoms with Gasteiger partial charge in [-0.1, -0.05) is 22.9 Å². The molecule has 0 aliphatic rings. The third kappa shape index (κ3) is 2.59. The maximum absolute atomic E-state index is 13.8. The highest BCUT2D eigenvalue weighted by molar-refractivity contribution is 9.10. The summed E-state index contributed by atoms with van der Waals surface area (Å²) in [6.07, 6.45) is 1.18. The van der Waals surface area contributed by atoms with E-state index in [2.05, 4.69) is 26.2 Å². The Balaban J connectivity index is 2.46. The Morgan fingerprint density at radius 1 is 1.33 bits per heavy atom. The molecule has 0 amide bonds. The van der Waals surface area contributed by atoms with E-state index in [0.717, 1.165) is 6.54 Å². The molecule has 0 radical (unpaired) electrons. The van der Waals surface area contributed by atoms with E-state index in [1.165, 1.54) is 18.5 Å². The third-order valence-electron chi connectivity index (χ3n) is 2.42. The minimum Gasteiger partial charge on any atom is -0.443 e. The summed E-state index contributed by atoms with van der Waals surface area (Å²) in [4.78, 5) is 3.96. The minimum absolute atomic E-state index is 0.124. The Bertz CT molecular complexity index is 534. The van der Waals surface area contributed by atoms with Gasteiger partial charge in [-0.3, -0.25) is 0 Å². The molecule has 6 heteroatoms. The Labute approximate surface area is 111 Å². The van der Waals surface area contributed by atoms with Gasteiger partial charge in [0.05, 0.1) is 5.56 Å². The highest BCUT2D eigenvalue weighted by Crippen LogP contribution is 2.31. The first-order valence-corrected chi connectivity index (χ1v) is 6.20. The molecule has 0 bridgehead atoms. The lowest BCUT2D eigenvalue weighted by molar-refractivity contribution is 0.540. The summed E-state index contributed by atoms with van der Waals surface area (Å²) in [6.45, 7) is 3.06. The van der Waals surface area contributed by atoms with Crippen LogP contribution >= 0.6 is 15.9 Å². The second-order valence-corrected chi connectivity index (χ2v) is 4.57. The van der Waals surface area contributed by atoms with Gasteiger partial charge in [-0.2, -0.15) is 0 Å².